The Balaban J connectivity index is 1.74. The lowest BCUT2D eigenvalue weighted by Crippen LogP contribution is -2.35. The predicted molar refractivity (Wildman–Crippen MR) is 81.3 cm³/mol. The summed E-state index contributed by atoms with van der Waals surface area (Å²) in [5.74, 6) is 0.214. The fourth-order valence-electron chi connectivity index (χ4n) is 2.51. The van der Waals surface area contributed by atoms with Crippen molar-refractivity contribution in [1.29, 1.82) is 0 Å². The maximum absolute atomic E-state index is 12.3. The topological polar surface area (TPSA) is 82.4 Å². The van der Waals surface area contributed by atoms with Gasteiger partial charge in [-0.1, -0.05) is 11.6 Å². The minimum Gasteiger partial charge on any atom is -0.459 e. The fraction of sp³-hybridized carbons (Fsp3) is 0.357. The quantitative estimate of drug-likeness (QED) is 0.903. The monoisotopic (exact) mass is 322 g/mol. The maximum Gasteiger partial charge on any atom is 0.289 e. The summed E-state index contributed by atoms with van der Waals surface area (Å²) in [6, 6.07) is 3.35. The SMILES string of the molecule is O=C(c1ccco1)N1CCCN(c2cn[nH]c(=O)c2Cl)CC1. The van der Waals surface area contributed by atoms with Crippen LogP contribution in [0.1, 0.15) is 17.0 Å². The Morgan fingerprint density at radius 1 is 1.32 bits per heavy atom. The van der Waals surface area contributed by atoms with Gasteiger partial charge in [0, 0.05) is 26.2 Å². The molecule has 0 atom stereocenters. The molecule has 1 aliphatic heterocycles. The predicted octanol–water partition coefficient (Wildman–Crippen LogP) is 1.37. The third-order valence-corrected chi connectivity index (χ3v) is 4.00. The van der Waals surface area contributed by atoms with Gasteiger partial charge in [0.1, 0.15) is 5.02 Å². The molecule has 0 aliphatic carbocycles. The number of nitrogens with one attached hydrogen (secondary N) is 1. The molecule has 1 aliphatic rings. The van der Waals surface area contributed by atoms with Gasteiger partial charge in [-0.05, 0) is 18.6 Å². The number of hydrogen-bond donors (Lipinski definition) is 1. The van der Waals surface area contributed by atoms with Crippen LogP contribution in [-0.4, -0.2) is 47.2 Å². The summed E-state index contributed by atoms with van der Waals surface area (Å²) < 4.78 is 5.15. The van der Waals surface area contributed by atoms with Gasteiger partial charge in [-0.15, -0.1) is 0 Å². The molecule has 116 valence electrons. The van der Waals surface area contributed by atoms with E-state index in [9.17, 15) is 9.59 Å². The minimum atomic E-state index is -0.410. The van der Waals surface area contributed by atoms with E-state index in [2.05, 4.69) is 10.2 Å². The van der Waals surface area contributed by atoms with Gasteiger partial charge >= 0.3 is 0 Å². The van der Waals surface area contributed by atoms with E-state index in [-0.39, 0.29) is 10.9 Å². The Labute approximate surface area is 131 Å². The second kappa shape index (κ2) is 6.23. The molecular weight excluding hydrogens is 308 g/mol. The van der Waals surface area contributed by atoms with Crippen molar-refractivity contribution in [2.24, 2.45) is 0 Å². The summed E-state index contributed by atoms with van der Waals surface area (Å²) in [6.07, 6.45) is 3.79. The van der Waals surface area contributed by atoms with Crippen molar-refractivity contribution in [3.05, 3.63) is 45.7 Å². The molecule has 1 fully saturated rings. The van der Waals surface area contributed by atoms with Gasteiger partial charge in [-0.25, -0.2) is 5.10 Å². The van der Waals surface area contributed by atoms with E-state index in [0.29, 0.717) is 37.6 Å². The Hall–Kier alpha value is -2.28. The highest BCUT2D eigenvalue weighted by molar-refractivity contribution is 6.33. The summed E-state index contributed by atoms with van der Waals surface area (Å²) in [5.41, 5.74) is 0.185. The molecule has 3 rings (SSSR count). The number of carbonyl (C=O) groups excluding carboxylic acids is 1. The molecule has 7 nitrogen and oxygen atoms in total. The standard InChI is InChI=1S/C14H15ClN4O3/c15-12-10(9-16-17-13(12)20)18-4-2-5-19(7-6-18)14(21)11-3-1-8-22-11/h1,3,8-9H,2,4-7H2,(H,17,20). The molecule has 1 N–H and O–H groups in total. The number of furan rings is 1. The molecule has 2 aromatic rings. The van der Waals surface area contributed by atoms with Crippen LogP contribution in [0.15, 0.2) is 33.8 Å². The Morgan fingerprint density at radius 2 is 2.18 bits per heavy atom. The molecular formula is C14H15ClN4O3. The Morgan fingerprint density at radius 3 is 2.95 bits per heavy atom. The first kappa shape index (κ1) is 14.6. The van der Waals surface area contributed by atoms with E-state index >= 15 is 0 Å². The average Bonchev–Trinajstić information content (AvgIpc) is 2.94. The average molecular weight is 323 g/mol. The highest BCUT2D eigenvalue weighted by Crippen LogP contribution is 2.22. The van der Waals surface area contributed by atoms with E-state index < -0.39 is 5.56 Å². The Bertz CT molecular complexity index is 713. The van der Waals surface area contributed by atoms with Crippen LogP contribution in [0.4, 0.5) is 5.69 Å². The summed E-state index contributed by atoms with van der Waals surface area (Å²) in [5, 5.41) is 6.21. The van der Waals surface area contributed by atoms with Crippen LogP contribution in [0.5, 0.6) is 0 Å². The van der Waals surface area contributed by atoms with Crippen LogP contribution in [0.3, 0.4) is 0 Å². The van der Waals surface area contributed by atoms with Gasteiger partial charge in [0.05, 0.1) is 18.1 Å². The largest absolute Gasteiger partial charge is 0.459 e. The number of aromatic amines is 1. The van der Waals surface area contributed by atoms with E-state index in [1.807, 2.05) is 4.90 Å². The molecule has 0 unspecified atom stereocenters. The van der Waals surface area contributed by atoms with Crippen LogP contribution in [0.25, 0.3) is 0 Å². The number of anilines is 1. The summed E-state index contributed by atoms with van der Waals surface area (Å²) in [4.78, 5) is 27.6. The summed E-state index contributed by atoms with van der Waals surface area (Å²) >= 11 is 6.04. The van der Waals surface area contributed by atoms with E-state index in [1.54, 1.807) is 17.0 Å². The number of aromatic nitrogens is 2. The van der Waals surface area contributed by atoms with Crippen molar-refractivity contribution in [3.63, 3.8) is 0 Å². The minimum absolute atomic E-state index is 0.123. The lowest BCUT2D eigenvalue weighted by atomic mass is 10.3. The molecule has 8 heteroatoms. The second-order valence-electron chi connectivity index (χ2n) is 5.01. The van der Waals surface area contributed by atoms with Crippen LogP contribution in [0.2, 0.25) is 5.02 Å². The smallest absolute Gasteiger partial charge is 0.289 e. The van der Waals surface area contributed by atoms with Gasteiger partial charge in [0.2, 0.25) is 0 Å². The first-order valence-electron chi connectivity index (χ1n) is 6.98. The van der Waals surface area contributed by atoms with Crippen molar-refractivity contribution < 1.29 is 9.21 Å². The van der Waals surface area contributed by atoms with Crippen molar-refractivity contribution >= 4 is 23.2 Å². The highest BCUT2D eigenvalue weighted by atomic mass is 35.5. The van der Waals surface area contributed by atoms with E-state index in [1.165, 1.54) is 12.5 Å². The van der Waals surface area contributed by atoms with E-state index in [4.69, 9.17) is 16.0 Å². The number of amides is 1. The molecule has 0 spiro atoms. The number of rotatable bonds is 2. The number of halogens is 1. The first-order chi connectivity index (χ1) is 10.7. The van der Waals surface area contributed by atoms with Crippen LogP contribution in [0, 0.1) is 0 Å². The number of carbonyl (C=O) groups is 1. The molecule has 0 saturated carbocycles. The van der Waals surface area contributed by atoms with Crippen molar-refractivity contribution in [1.82, 2.24) is 15.1 Å². The van der Waals surface area contributed by atoms with Gasteiger partial charge in [-0.2, -0.15) is 5.10 Å². The third kappa shape index (κ3) is 2.85. The zero-order valence-corrected chi connectivity index (χ0v) is 12.5. The van der Waals surface area contributed by atoms with Gasteiger partial charge in [0.15, 0.2) is 5.76 Å². The zero-order valence-electron chi connectivity index (χ0n) is 11.8. The number of hydrogen-bond acceptors (Lipinski definition) is 5. The number of H-pyrrole nitrogens is 1. The lowest BCUT2D eigenvalue weighted by Gasteiger charge is -2.23. The van der Waals surface area contributed by atoms with E-state index in [0.717, 1.165) is 6.42 Å². The lowest BCUT2D eigenvalue weighted by molar-refractivity contribution is 0.0735. The fourth-order valence-corrected chi connectivity index (χ4v) is 2.72. The van der Waals surface area contributed by atoms with Crippen molar-refractivity contribution in [2.75, 3.05) is 31.1 Å². The maximum atomic E-state index is 12.3. The molecule has 0 radical (unpaired) electrons. The molecule has 0 bridgehead atoms. The number of nitrogens with zero attached hydrogens (tertiary/aromatic N) is 3. The van der Waals surface area contributed by atoms with Crippen molar-refractivity contribution in [2.45, 2.75) is 6.42 Å². The molecule has 1 amide bonds. The molecule has 0 aromatic carbocycles. The highest BCUT2D eigenvalue weighted by Gasteiger charge is 2.23. The third-order valence-electron chi connectivity index (χ3n) is 3.63. The molecule has 22 heavy (non-hydrogen) atoms. The first-order valence-corrected chi connectivity index (χ1v) is 7.35. The van der Waals surface area contributed by atoms with Crippen LogP contribution < -0.4 is 10.5 Å². The summed E-state index contributed by atoms with van der Waals surface area (Å²) in [7, 11) is 0. The van der Waals surface area contributed by atoms with Crippen molar-refractivity contribution in [3.8, 4) is 0 Å². The van der Waals surface area contributed by atoms with Crippen LogP contribution in [-0.2, 0) is 0 Å². The van der Waals surface area contributed by atoms with Gasteiger partial charge in [-0.3, -0.25) is 9.59 Å². The normalized spacial score (nSPS) is 15.7. The molecule has 1 saturated heterocycles. The molecule has 2 aromatic heterocycles. The van der Waals surface area contributed by atoms with Gasteiger partial charge in [0.25, 0.3) is 11.5 Å². The summed E-state index contributed by atoms with van der Waals surface area (Å²) in [6.45, 7) is 2.44. The Kier molecular flexibility index (Phi) is 4.15. The second-order valence-corrected chi connectivity index (χ2v) is 5.39. The van der Waals surface area contributed by atoms with Gasteiger partial charge < -0.3 is 14.2 Å². The zero-order chi connectivity index (χ0) is 15.5. The van der Waals surface area contributed by atoms with Crippen LogP contribution >= 0.6 is 11.6 Å². The molecule has 3 heterocycles.